The number of cyclic esters (lactones) is 1. The zero-order valence-electron chi connectivity index (χ0n) is 23.8. The molecular weight excluding hydrogens is 619 g/mol. The van der Waals surface area contributed by atoms with Gasteiger partial charge in [0, 0.05) is 32.1 Å². The molecule has 0 bridgehead atoms. The zero-order chi connectivity index (χ0) is 31.3. The number of hydrogen-bond acceptors (Lipinski definition) is 10. The van der Waals surface area contributed by atoms with Crippen molar-refractivity contribution in [3.05, 3.63) is 51.7 Å². The minimum Gasteiger partial charge on any atom is -0.459 e. The van der Waals surface area contributed by atoms with Crippen LogP contribution in [0.3, 0.4) is 0 Å². The Hall–Kier alpha value is -3.63. The number of thiophene rings is 1. The lowest BCUT2D eigenvalue weighted by Gasteiger charge is -2.28. The molecule has 2 aliphatic rings. The molecule has 0 radical (unpaired) electrons. The zero-order valence-corrected chi connectivity index (χ0v) is 26.3. The lowest BCUT2D eigenvalue weighted by molar-refractivity contribution is -0.136. The van der Waals surface area contributed by atoms with Gasteiger partial charge in [-0.3, -0.25) is 23.9 Å². The molecule has 0 unspecified atom stereocenters. The fraction of sp³-hybridized carbons (Fsp3) is 0.444. The van der Waals surface area contributed by atoms with E-state index in [1.807, 2.05) is 0 Å². The van der Waals surface area contributed by atoms with E-state index < -0.39 is 58.4 Å². The Morgan fingerprint density at radius 1 is 1.14 bits per heavy atom. The Morgan fingerprint density at radius 2 is 1.88 bits per heavy atom. The number of carbonyl (C=O) groups excluding carboxylic acids is 5. The Labute approximate surface area is 257 Å². The molecular formula is C27H33N5O8S3. The number of amides is 4. The summed E-state index contributed by atoms with van der Waals surface area (Å²) < 4.78 is 31.3. The third-order valence-electron chi connectivity index (χ3n) is 6.82. The van der Waals surface area contributed by atoms with Gasteiger partial charge in [-0.2, -0.15) is 11.8 Å². The van der Waals surface area contributed by atoms with Crippen LogP contribution in [-0.4, -0.2) is 105 Å². The van der Waals surface area contributed by atoms with E-state index in [0.717, 1.165) is 17.6 Å². The summed E-state index contributed by atoms with van der Waals surface area (Å²) in [5, 5.41) is 6.87. The molecule has 3 atom stereocenters. The third kappa shape index (κ3) is 8.06. The van der Waals surface area contributed by atoms with Crippen LogP contribution in [0.1, 0.15) is 38.4 Å². The molecule has 1 fully saturated rings. The number of esters is 1. The number of carbonyl (C=O) groups is 5. The van der Waals surface area contributed by atoms with Crippen molar-refractivity contribution in [3.8, 4) is 0 Å². The highest BCUT2D eigenvalue weighted by molar-refractivity contribution is 7.98. The SMILES string of the molecule is CN(C)C(=O)[C@H]1CSCc2ccccc2C(=O)OC[C@@H](NC(=O)[C@@H]2CCCN2C(=O)c2sccc2NS(C)(=O)=O)C(=O)N1. The molecule has 3 heterocycles. The largest absolute Gasteiger partial charge is 0.459 e. The molecule has 2 aromatic rings. The Morgan fingerprint density at radius 3 is 2.60 bits per heavy atom. The predicted molar refractivity (Wildman–Crippen MR) is 162 cm³/mol. The smallest absolute Gasteiger partial charge is 0.338 e. The number of fused-ring (bicyclic) bond motifs is 1. The minimum absolute atomic E-state index is 0.115. The third-order valence-corrected chi connectivity index (χ3v) is 9.40. The van der Waals surface area contributed by atoms with Crippen LogP contribution < -0.4 is 15.4 Å². The topological polar surface area (TPSA) is 171 Å². The van der Waals surface area contributed by atoms with Gasteiger partial charge in [-0.25, -0.2) is 13.2 Å². The highest BCUT2D eigenvalue weighted by Crippen LogP contribution is 2.29. The van der Waals surface area contributed by atoms with Gasteiger partial charge in [0.1, 0.15) is 29.6 Å². The lowest BCUT2D eigenvalue weighted by atomic mass is 10.1. The first-order chi connectivity index (χ1) is 20.4. The molecule has 2 aliphatic heterocycles. The number of sulfonamides is 1. The minimum atomic E-state index is -3.65. The lowest BCUT2D eigenvalue weighted by Crippen LogP contribution is -2.58. The summed E-state index contributed by atoms with van der Waals surface area (Å²) in [6.07, 6.45) is 1.78. The van der Waals surface area contributed by atoms with E-state index in [0.29, 0.717) is 29.7 Å². The Bertz CT molecular complexity index is 1510. The number of ether oxygens (including phenoxy) is 1. The maximum Gasteiger partial charge on any atom is 0.338 e. The van der Waals surface area contributed by atoms with Gasteiger partial charge in [-0.05, 0) is 35.9 Å². The average Bonchev–Trinajstić information content (AvgIpc) is 3.62. The number of likely N-dealkylation sites (tertiary alicyclic amines) is 1. The highest BCUT2D eigenvalue weighted by atomic mass is 32.2. The van der Waals surface area contributed by atoms with Gasteiger partial charge in [0.05, 0.1) is 17.5 Å². The molecule has 1 aromatic heterocycles. The number of likely N-dealkylation sites (N-methyl/N-ethyl adjacent to an activating group) is 1. The summed E-state index contributed by atoms with van der Waals surface area (Å²) in [6.45, 7) is -0.263. The number of anilines is 1. The summed E-state index contributed by atoms with van der Waals surface area (Å²) in [5.74, 6) is -2.25. The molecule has 4 amide bonds. The molecule has 43 heavy (non-hydrogen) atoms. The summed E-state index contributed by atoms with van der Waals surface area (Å²) >= 11 is 2.41. The van der Waals surface area contributed by atoms with Crippen LogP contribution in [0.2, 0.25) is 0 Å². The van der Waals surface area contributed by atoms with E-state index in [4.69, 9.17) is 4.74 Å². The van der Waals surface area contributed by atoms with Crippen LogP contribution >= 0.6 is 23.1 Å². The standard InChI is InChI=1S/C27H33N5O8S3/c1-31(2)25(35)20-15-41-14-16-7-4-5-8-17(16)27(37)40-13-19(23(33)29-20)28-24(34)21-9-6-11-32(21)26(36)22-18(10-12-42-22)30-43(3,38)39/h4-5,7-8,10,12,19-21,30H,6,9,11,13-15H2,1-3H3,(H,28,34)(H,29,33)/t19-,20-,21+/m1/s1. The van der Waals surface area contributed by atoms with E-state index in [-0.39, 0.29) is 28.8 Å². The van der Waals surface area contributed by atoms with Crippen LogP contribution in [-0.2, 0) is 34.9 Å². The number of nitrogens with one attached hydrogen (secondary N) is 3. The molecule has 232 valence electrons. The van der Waals surface area contributed by atoms with Gasteiger partial charge in [0.25, 0.3) is 5.91 Å². The van der Waals surface area contributed by atoms with Gasteiger partial charge < -0.3 is 25.2 Å². The van der Waals surface area contributed by atoms with E-state index in [1.165, 1.54) is 27.6 Å². The van der Waals surface area contributed by atoms with Gasteiger partial charge in [-0.15, -0.1) is 11.3 Å². The molecule has 0 spiro atoms. The van der Waals surface area contributed by atoms with Gasteiger partial charge in [-0.1, -0.05) is 18.2 Å². The first-order valence-corrected chi connectivity index (χ1v) is 17.3. The summed E-state index contributed by atoms with van der Waals surface area (Å²) in [5.41, 5.74) is 1.14. The first kappa shape index (κ1) is 32.3. The fourth-order valence-corrected chi connectivity index (χ4v) is 7.24. The van der Waals surface area contributed by atoms with Gasteiger partial charge in [0.15, 0.2) is 0 Å². The van der Waals surface area contributed by atoms with Gasteiger partial charge >= 0.3 is 5.97 Å². The second-order valence-corrected chi connectivity index (χ2v) is 14.0. The van der Waals surface area contributed by atoms with Gasteiger partial charge in [0.2, 0.25) is 27.7 Å². The molecule has 3 N–H and O–H groups in total. The maximum atomic E-state index is 13.5. The number of nitrogens with zero attached hydrogens (tertiary/aromatic N) is 2. The first-order valence-electron chi connectivity index (χ1n) is 13.4. The number of hydrogen-bond donors (Lipinski definition) is 3. The molecule has 1 saturated heterocycles. The van der Waals surface area contributed by atoms with Crippen LogP contribution in [0.25, 0.3) is 0 Å². The Balaban J connectivity index is 1.56. The van der Waals surface area contributed by atoms with E-state index in [9.17, 15) is 32.4 Å². The summed E-state index contributed by atoms with van der Waals surface area (Å²) in [4.78, 5) is 69.0. The van der Waals surface area contributed by atoms with Crippen LogP contribution in [0.15, 0.2) is 35.7 Å². The predicted octanol–water partition coefficient (Wildman–Crippen LogP) is 0.886. The Kier molecular flexibility index (Phi) is 10.3. The molecule has 1 aromatic carbocycles. The fourth-order valence-electron chi connectivity index (χ4n) is 4.75. The number of thioether (sulfide) groups is 1. The summed E-state index contributed by atoms with van der Waals surface area (Å²) in [7, 11) is -0.503. The quantitative estimate of drug-likeness (QED) is 0.384. The van der Waals surface area contributed by atoms with Crippen molar-refractivity contribution in [3.63, 3.8) is 0 Å². The van der Waals surface area contributed by atoms with Crippen molar-refractivity contribution in [1.29, 1.82) is 0 Å². The van der Waals surface area contributed by atoms with Crippen molar-refractivity contribution >= 4 is 68.4 Å². The highest BCUT2D eigenvalue weighted by Gasteiger charge is 2.38. The molecule has 0 aliphatic carbocycles. The van der Waals surface area contributed by atoms with Crippen molar-refractivity contribution in [2.75, 3.05) is 44.0 Å². The number of benzene rings is 1. The summed E-state index contributed by atoms with van der Waals surface area (Å²) in [6, 6.07) is 5.13. The number of rotatable bonds is 6. The average molecular weight is 652 g/mol. The van der Waals surface area contributed by atoms with Crippen LogP contribution in [0.4, 0.5) is 5.69 Å². The van der Waals surface area contributed by atoms with Crippen LogP contribution in [0.5, 0.6) is 0 Å². The molecule has 16 heteroatoms. The van der Waals surface area contributed by atoms with Crippen molar-refractivity contribution in [2.24, 2.45) is 0 Å². The maximum absolute atomic E-state index is 13.5. The van der Waals surface area contributed by atoms with Crippen LogP contribution in [0, 0.1) is 0 Å². The second-order valence-electron chi connectivity index (χ2n) is 10.3. The van der Waals surface area contributed by atoms with E-state index in [1.54, 1.807) is 43.7 Å². The van der Waals surface area contributed by atoms with E-state index >= 15 is 0 Å². The van der Waals surface area contributed by atoms with E-state index in [2.05, 4.69) is 15.4 Å². The molecule has 4 rings (SSSR count). The van der Waals surface area contributed by atoms with Crippen molar-refractivity contribution in [1.82, 2.24) is 20.4 Å². The molecule has 0 saturated carbocycles. The second kappa shape index (κ2) is 13.8. The van der Waals surface area contributed by atoms with Crippen molar-refractivity contribution < 1.29 is 37.1 Å². The normalized spacial score (nSPS) is 21.4. The monoisotopic (exact) mass is 651 g/mol. The van der Waals surface area contributed by atoms with Crippen molar-refractivity contribution in [2.45, 2.75) is 36.7 Å². The molecule has 13 nitrogen and oxygen atoms in total.